The number of aromatic nitrogens is 1. The zero-order valence-corrected chi connectivity index (χ0v) is 11.4. The molecule has 0 fully saturated rings. The maximum atomic E-state index is 13.2. The minimum absolute atomic E-state index is 0.118. The van der Waals surface area contributed by atoms with Crippen molar-refractivity contribution in [1.29, 1.82) is 0 Å². The molecule has 1 heterocycles. The lowest BCUT2D eigenvalue weighted by Crippen LogP contribution is -2.13. The Morgan fingerprint density at radius 3 is 2.85 bits per heavy atom. The normalized spacial score (nSPS) is 10.2. The van der Waals surface area contributed by atoms with Crippen LogP contribution in [0.2, 0.25) is 5.15 Å². The summed E-state index contributed by atoms with van der Waals surface area (Å²) in [5.74, 6) is -0.356. The molecule has 0 saturated carbocycles. The first kappa shape index (κ1) is 14.3. The van der Waals surface area contributed by atoms with Crippen LogP contribution in [-0.4, -0.2) is 24.5 Å². The molecule has 0 radical (unpaired) electrons. The molecule has 0 saturated heterocycles. The third-order valence-corrected chi connectivity index (χ3v) is 2.83. The van der Waals surface area contributed by atoms with E-state index in [0.29, 0.717) is 0 Å². The number of benzene rings is 1. The molecule has 0 spiro atoms. The summed E-state index contributed by atoms with van der Waals surface area (Å²) in [6.07, 6.45) is 1.51. The average molecular weight is 296 g/mol. The van der Waals surface area contributed by atoms with Crippen molar-refractivity contribution < 1.29 is 18.7 Å². The summed E-state index contributed by atoms with van der Waals surface area (Å²) >= 11 is 5.81. The first-order valence-electron chi connectivity index (χ1n) is 5.72. The van der Waals surface area contributed by atoms with Crippen molar-refractivity contribution in [3.05, 3.63) is 53.1 Å². The summed E-state index contributed by atoms with van der Waals surface area (Å²) in [6, 6.07) is 6.93. The van der Waals surface area contributed by atoms with Crippen LogP contribution in [-0.2, 0) is 0 Å². The van der Waals surface area contributed by atoms with Gasteiger partial charge in [0.25, 0.3) is 0 Å². The second kappa shape index (κ2) is 6.34. The molecule has 4 nitrogen and oxygen atoms in total. The van der Waals surface area contributed by atoms with E-state index >= 15 is 0 Å². The number of Topliss-reactive ketones (excluding diaryl/α,β-unsaturated/α-hetero) is 1. The third kappa shape index (κ3) is 3.24. The molecule has 0 bridgehead atoms. The first-order chi connectivity index (χ1) is 9.61. The standard InChI is InChI=1S/C14H11ClFNO3/c1-19-12-5-4-9(16)7-10(12)11(18)8-20-13-3-2-6-17-14(13)15/h2-7H,8H2,1H3. The van der Waals surface area contributed by atoms with Gasteiger partial charge < -0.3 is 9.47 Å². The van der Waals surface area contributed by atoms with Crippen molar-refractivity contribution in [2.45, 2.75) is 0 Å². The quantitative estimate of drug-likeness (QED) is 0.628. The fourth-order valence-electron chi connectivity index (χ4n) is 1.60. The molecule has 104 valence electrons. The molecule has 1 aromatic heterocycles. The van der Waals surface area contributed by atoms with E-state index in [9.17, 15) is 9.18 Å². The highest BCUT2D eigenvalue weighted by atomic mass is 35.5. The maximum absolute atomic E-state index is 13.2. The number of carbonyl (C=O) groups is 1. The Morgan fingerprint density at radius 1 is 1.35 bits per heavy atom. The number of methoxy groups -OCH3 is 1. The van der Waals surface area contributed by atoms with Gasteiger partial charge in [-0.15, -0.1) is 0 Å². The molecule has 0 N–H and O–H groups in total. The largest absolute Gasteiger partial charge is 0.496 e. The molecule has 20 heavy (non-hydrogen) atoms. The van der Waals surface area contributed by atoms with Crippen LogP contribution in [0.4, 0.5) is 4.39 Å². The summed E-state index contributed by atoms with van der Waals surface area (Å²) in [5, 5.41) is 0.159. The van der Waals surface area contributed by atoms with Gasteiger partial charge >= 0.3 is 0 Å². The highest BCUT2D eigenvalue weighted by Crippen LogP contribution is 2.23. The summed E-state index contributed by atoms with van der Waals surface area (Å²) in [7, 11) is 1.41. The van der Waals surface area contributed by atoms with E-state index < -0.39 is 11.6 Å². The maximum Gasteiger partial charge on any atom is 0.204 e. The van der Waals surface area contributed by atoms with E-state index in [0.717, 1.165) is 6.07 Å². The fraction of sp³-hybridized carbons (Fsp3) is 0.143. The van der Waals surface area contributed by atoms with Crippen molar-refractivity contribution in [2.24, 2.45) is 0 Å². The minimum Gasteiger partial charge on any atom is -0.496 e. The molecule has 0 aliphatic carbocycles. The SMILES string of the molecule is COc1ccc(F)cc1C(=O)COc1cccnc1Cl. The van der Waals surface area contributed by atoms with Crippen LogP contribution in [0.25, 0.3) is 0 Å². The van der Waals surface area contributed by atoms with Crippen molar-refractivity contribution in [2.75, 3.05) is 13.7 Å². The molecular formula is C14H11ClFNO3. The van der Waals surface area contributed by atoms with Crippen LogP contribution in [0.15, 0.2) is 36.5 Å². The van der Waals surface area contributed by atoms with E-state index in [1.807, 2.05) is 0 Å². The van der Waals surface area contributed by atoms with E-state index in [2.05, 4.69) is 4.98 Å². The molecule has 0 unspecified atom stereocenters. The van der Waals surface area contributed by atoms with Gasteiger partial charge in [-0.05, 0) is 30.3 Å². The number of pyridine rings is 1. The predicted molar refractivity (Wildman–Crippen MR) is 72.0 cm³/mol. The van der Waals surface area contributed by atoms with Crippen molar-refractivity contribution >= 4 is 17.4 Å². The zero-order valence-electron chi connectivity index (χ0n) is 10.6. The van der Waals surface area contributed by atoms with E-state index in [1.165, 1.54) is 25.4 Å². The topological polar surface area (TPSA) is 48.4 Å². The van der Waals surface area contributed by atoms with E-state index in [-0.39, 0.29) is 28.8 Å². The van der Waals surface area contributed by atoms with Gasteiger partial charge in [0.1, 0.15) is 11.6 Å². The Bertz CT molecular complexity index is 634. The number of rotatable bonds is 5. The Labute approximate surface area is 120 Å². The Kier molecular flexibility index (Phi) is 4.53. The van der Waals surface area contributed by atoms with Gasteiger partial charge in [0.2, 0.25) is 5.78 Å². The zero-order chi connectivity index (χ0) is 14.5. The molecule has 2 rings (SSSR count). The van der Waals surface area contributed by atoms with Gasteiger partial charge in [-0.25, -0.2) is 9.37 Å². The van der Waals surface area contributed by atoms with Crippen molar-refractivity contribution in [3.63, 3.8) is 0 Å². The number of hydrogen-bond donors (Lipinski definition) is 0. The lowest BCUT2D eigenvalue weighted by Gasteiger charge is -2.09. The summed E-state index contributed by atoms with van der Waals surface area (Å²) < 4.78 is 23.5. The number of halogens is 2. The molecule has 6 heteroatoms. The number of carbonyl (C=O) groups excluding carboxylic acids is 1. The summed E-state index contributed by atoms with van der Waals surface area (Å²) in [6.45, 7) is -0.286. The van der Waals surface area contributed by atoms with Gasteiger partial charge in [0.05, 0.1) is 12.7 Å². The molecule has 2 aromatic rings. The molecular weight excluding hydrogens is 285 g/mol. The Hall–Kier alpha value is -2.14. The van der Waals surface area contributed by atoms with Crippen molar-refractivity contribution in [3.8, 4) is 11.5 Å². The lowest BCUT2D eigenvalue weighted by molar-refractivity contribution is 0.0918. The Morgan fingerprint density at radius 2 is 2.15 bits per heavy atom. The summed E-state index contributed by atoms with van der Waals surface area (Å²) in [4.78, 5) is 15.8. The molecule has 0 aliphatic rings. The van der Waals surface area contributed by atoms with Gasteiger partial charge in [0, 0.05) is 6.20 Å². The van der Waals surface area contributed by atoms with Gasteiger partial charge in [-0.2, -0.15) is 0 Å². The fourth-order valence-corrected chi connectivity index (χ4v) is 1.77. The van der Waals surface area contributed by atoms with E-state index in [4.69, 9.17) is 21.1 Å². The van der Waals surface area contributed by atoms with Gasteiger partial charge in [0.15, 0.2) is 17.5 Å². The summed E-state index contributed by atoms with van der Waals surface area (Å²) in [5.41, 5.74) is 0.118. The smallest absolute Gasteiger partial charge is 0.204 e. The molecule has 0 atom stereocenters. The highest BCUT2D eigenvalue weighted by molar-refractivity contribution is 6.30. The van der Waals surface area contributed by atoms with Gasteiger partial charge in [-0.3, -0.25) is 4.79 Å². The van der Waals surface area contributed by atoms with Crippen LogP contribution >= 0.6 is 11.6 Å². The lowest BCUT2D eigenvalue weighted by atomic mass is 10.1. The van der Waals surface area contributed by atoms with Crippen LogP contribution < -0.4 is 9.47 Å². The number of ether oxygens (including phenoxy) is 2. The van der Waals surface area contributed by atoms with Crippen LogP contribution in [0.3, 0.4) is 0 Å². The number of ketones is 1. The highest BCUT2D eigenvalue weighted by Gasteiger charge is 2.15. The average Bonchev–Trinajstić information content (AvgIpc) is 2.46. The number of nitrogens with zero attached hydrogens (tertiary/aromatic N) is 1. The van der Waals surface area contributed by atoms with Crippen molar-refractivity contribution in [1.82, 2.24) is 4.98 Å². The second-order valence-corrected chi connectivity index (χ2v) is 4.21. The predicted octanol–water partition coefficient (Wildman–Crippen LogP) is 3.14. The monoisotopic (exact) mass is 295 g/mol. The van der Waals surface area contributed by atoms with Crippen LogP contribution in [0, 0.1) is 5.82 Å². The molecule has 0 aliphatic heterocycles. The first-order valence-corrected chi connectivity index (χ1v) is 6.09. The van der Waals surface area contributed by atoms with E-state index in [1.54, 1.807) is 12.1 Å². The molecule has 1 aromatic carbocycles. The van der Waals surface area contributed by atoms with Gasteiger partial charge in [-0.1, -0.05) is 11.6 Å². The minimum atomic E-state index is -0.520. The molecule has 0 amide bonds. The second-order valence-electron chi connectivity index (χ2n) is 3.85. The third-order valence-electron chi connectivity index (χ3n) is 2.55. The van der Waals surface area contributed by atoms with Crippen LogP contribution in [0.5, 0.6) is 11.5 Å². The number of hydrogen-bond acceptors (Lipinski definition) is 4. The van der Waals surface area contributed by atoms with Crippen LogP contribution in [0.1, 0.15) is 10.4 Å². The Balaban J connectivity index is 2.13.